The molecule has 1 N–H and O–H groups in total. The normalized spacial score (nSPS) is 20.3. The standard InChI is InChI=1S/C19H29N3O3S/c1-2-26(24,25)22-13-11-21(12-14-22)15-16-7-9-17(10-8-16)19(23)20-18-5-3-4-6-18/h7-10,18H,2-6,11-15H2,1H3,(H,20,23). The molecule has 0 aromatic heterocycles. The molecular formula is C19H29N3O3S. The van der Waals surface area contributed by atoms with Crippen LogP contribution in [-0.2, 0) is 16.6 Å². The van der Waals surface area contributed by atoms with Crippen molar-refractivity contribution in [2.45, 2.75) is 45.2 Å². The molecule has 1 aromatic carbocycles. The molecule has 3 rings (SSSR count). The summed E-state index contributed by atoms with van der Waals surface area (Å²) in [5.74, 6) is 0.180. The fraction of sp³-hybridized carbons (Fsp3) is 0.632. The molecule has 2 aliphatic rings. The summed E-state index contributed by atoms with van der Waals surface area (Å²) in [5.41, 5.74) is 1.86. The van der Waals surface area contributed by atoms with Crippen molar-refractivity contribution in [3.8, 4) is 0 Å². The van der Waals surface area contributed by atoms with Gasteiger partial charge in [0.25, 0.3) is 5.91 Å². The minimum Gasteiger partial charge on any atom is -0.349 e. The number of nitrogens with one attached hydrogen (secondary N) is 1. The number of carbonyl (C=O) groups is 1. The second-order valence-corrected chi connectivity index (χ2v) is 9.49. The average molecular weight is 380 g/mol. The minimum absolute atomic E-state index is 0.0156. The predicted octanol–water partition coefficient (Wildman–Crippen LogP) is 1.83. The van der Waals surface area contributed by atoms with Gasteiger partial charge in [0.2, 0.25) is 10.0 Å². The van der Waals surface area contributed by atoms with Crippen LogP contribution in [0.4, 0.5) is 0 Å². The van der Waals surface area contributed by atoms with Gasteiger partial charge in [-0.1, -0.05) is 25.0 Å². The molecule has 0 radical (unpaired) electrons. The van der Waals surface area contributed by atoms with E-state index in [1.54, 1.807) is 11.2 Å². The van der Waals surface area contributed by atoms with E-state index in [2.05, 4.69) is 10.2 Å². The highest BCUT2D eigenvalue weighted by atomic mass is 32.2. The molecule has 7 heteroatoms. The first-order chi connectivity index (χ1) is 12.5. The second kappa shape index (κ2) is 8.50. The van der Waals surface area contributed by atoms with Gasteiger partial charge in [-0.3, -0.25) is 9.69 Å². The monoisotopic (exact) mass is 379 g/mol. The maximum Gasteiger partial charge on any atom is 0.251 e. The quantitative estimate of drug-likeness (QED) is 0.819. The van der Waals surface area contributed by atoms with Crippen molar-refractivity contribution in [3.05, 3.63) is 35.4 Å². The molecule has 0 unspecified atom stereocenters. The highest BCUT2D eigenvalue weighted by Crippen LogP contribution is 2.18. The van der Waals surface area contributed by atoms with Gasteiger partial charge in [-0.05, 0) is 37.5 Å². The zero-order valence-corrected chi connectivity index (χ0v) is 16.3. The fourth-order valence-electron chi connectivity index (χ4n) is 3.71. The topological polar surface area (TPSA) is 69.7 Å². The number of amides is 1. The lowest BCUT2D eigenvalue weighted by atomic mass is 10.1. The number of hydrogen-bond donors (Lipinski definition) is 1. The Hall–Kier alpha value is -1.44. The molecule has 1 aromatic rings. The van der Waals surface area contributed by atoms with Gasteiger partial charge in [-0.15, -0.1) is 0 Å². The molecular weight excluding hydrogens is 350 g/mol. The summed E-state index contributed by atoms with van der Waals surface area (Å²) < 4.78 is 25.4. The first-order valence-corrected chi connectivity index (χ1v) is 11.2. The molecule has 2 fully saturated rings. The van der Waals surface area contributed by atoms with E-state index in [1.807, 2.05) is 24.3 Å². The summed E-state index contributed by atoms with van der Waals surface area (Å²) in [5, 5.41) is 3.11. The zero-order chi connectivity index (χ0) is 18.6. The van der Waals surface area contributed by atoms with Gasteiger partial charge in [0.05, 0.1) is 5.75 Å². The van der Waals surface area contributed by atoms with E-state index in [1.165, 1.54) is 12.8 Å². The van der Waals surface area contributed by atoms with Gasteiger partial charge >= 0.3 is 0 Å². The Labute approximate surface area is 156 Å². The molecule has 0 bridgehead atoms. The van der Waals surface area contributed by atoms with Crippen molar-refractivity contribution < 1.29 is 13.2 Å². The van der Waals surface area contributed by atoms with Crippen LogP contribution in [0.25, 0.3) is 0 Å². The number of benzene rings is 1. The Morgan fingerprint density at radius 1 is 1.08 bits per heavy atom. The highest BCUT2D eigenvalue weighted by Gasteiger charge is 2.25. The van der Waals surface area contributed by atoms with E-state index in [4.69, 9.17) is 0 Å². The van der Waals surface area contributed by atoms with Crippen LogP contribution in [0, 0.1) is 0 Å². The maximum absolute atomic E-state index is 12.3. The smallest absolute Gasteiger partial charge is 0.251 e. The molecule has 1 aliphatic heterocycles. The van der Waals surface area contributed by atoms with Crippen molar-refractivity contribution in [2.24, 2.45) is 0 Å². The molecule has 0 spiro atoms. The van der Waals surface area contributed by atoms with Crippen LogP contribution in [0.1, 0.15) is 48.5 Å². The number of nitrogens with zero attached hydrogens (tertiary/aromatic N) is 2. The molecule has 144 valence electrons. The largest absolute Gasteiger partial charge is 0.349 e. The lowest BCUT2D eigenvalue weighted by Gasteiger charge is -2.33. The Balaban J connectivity index is 1.49. The van der Waals surface area contributed by atoms with E-state index < -0.39 is 10.0 Å². The zero-order valence-electron chi connectivity index (χ0n) is 15.5. The third-order valence-electron chi connectivity index (χ3n) is 5.40. The summed E-state index contributed by atoms with van der Waals surface area (Å²) in [6.45, 7) is 5.05. The van der Waals surface area contributed by atoms with E-state index in [9.17, 15) is 13.2 Å². The van der Waals surface area contributed by atoms with E-state index in [0.717, 1.165) is 38.0 Å². The minimum atomic E-state index is -3.08. The number of hydrogen-bond acceptors (Lipinski definition) is 4. The summed E-state index contributed by atoms with van der Waals surface area (Å²) >= 11 is 0. The first kappa shape index (κ1) is 19.3. The Morgan fingerprint density at radius 3 is 2.27 bits per heavy atom. The summed E-state index contributed by atoms with van der Waals surface area (Å²) in [6.07, 6.45) is 4.58. The number of sulfonamides is 1. The third kappa shape index (κ3) is 4.84. The average Bonchev–Trinajstić information content (AvgIpc) is 3.16. The Morgan fingerprint density at radius 2 is 1.69 bits per heavy atom. The molecule has 0 atom stereocenters. The molecule has 1 aliphatic carbocycles. The lowest BCUT2D eigenvalue weighted by molar-refractivity contribution is 0.0938. The van der Waals surface area contributed by atoms with Gasteiger partial charge < -0.3 is 5.32 Å². The molecule has 6 nitrogen and oxygen atoms in total. The Bertz CT molecular complexity index is 704. The molecule has 1 saturated carbocycles. The molecule has 1 saturated heterocycles. The fourth-order valence-corrected chi connectivity index (χ4v) is 4.79. The second-order valence-electron chi connectivity index (χ2n) is 7.23. The van der Waals surface area contributed by atoms with Crippen LogP contribution < -0.4 is 5.32 Å². The number of carbonyl (C=O) groups excluding carboxylic acids is 1. The van der Waals surface area contributed by atoms with Crippen LogP contribution in [0.5, 0.6) is 0 Å². The summed E-state index contributed by atoms with van der Waals surface area (Å²) in [7, 11) is -3.08. The molecule has 1 amide bonds. The number of rotatable bonds is 6. The van der Waals surface area contributed by atoms with Crippen molar-refractivity contribution >= 4 is 15.9 Å². The van der Waals surface area contributed by atoms with Crippen LogP contribution in [-0.4, -0.2) is 61.5 Å². The van der Waals surface area contributed by atoms with Crippen molar-refractivity contribution in [1.29, 1.82) is 0 Å². The SMILES string of the molecule is CCS(=O)(=O)N1CCN(Cc2ccc(C(=O)NC3CCCC3)cc2)CC1. The molecule has 1 heterocycles. The first-order valence-electron chi connectivity index (χ1n) is 9.58. The van der Waals surface area contributed by atoms with Crippen molar-refractivity contribution in [1.82, 2.24) is 14.5 Å². The highest BCUT2D eigenvalue weighted by molar-refractivity contribution is 7.89. The van der Waals surface area contributed by atoms with E-state index in [0.29, 0.717) is 24.7 Å². The number of piperazine rings is 1. The third-order valence-corrected chi connectivity index (χ3v) is 7.28. The summed E-state index contributed by atoms with van der Waals surface area (Å²) in [6, 6.07) is 8.10. The van der Waals surface area contributed by atoms with Gasteiger partial charge in [-0.2, -0.15) is 4.31 Å². The van der Waals surface area contributed by atoms with Gasteiger partial charge in [-0.25, -0.2) is 8.42 Å². The molecule has 26 heavy (non-hydrogen) atoms. The van der Waals surface area contributed by atoms with Crippen LogP contribution in [0.15, 0.2) is 24.3 Å². The van der Waals surface area contributed by atoms with Crippen molar-refractivity contribution in [2.75, 3.05) is 31.9 Å². The Kier molecular flexibility index (Phi) is 6.32. The van der Waals surface area contributed by atoms with E-state index >= 15 is 0 Å². The lowest BCUT2D eigenvalue weighted by Crippen LogP contribution is -2.48. The van der Waals surface area contributed by atoms with Crippen molar-refractivity contribution in [3.63, 3.8) is 0 Å². The summed E-state index contributed by atoms with van der Waals surface area (Å²) in [4.78, 5) is 14.5. The van der Waals surface area contributed by atoms with Gasteiger partial charge in [0.1, 0.15) is 0 Å². The van der Waals surface area contributed by atoms with Gasteiger partial charge in [0, 0.05) is 44.3 Å². The van der Waals surface area contributed by atoms with Crippen LogP contribution >= 0.6 is 0 Å². The maximum atomic E-state index is 12.3. The van der Waals surface area contributed by atoms with Crippen LogP contribution in [0.3, 0.4) is 0 Å². The predicted molar refractivity (Wildman–Crippen MR) is 102 cm³/mol. The van der Waals surface area contributed by atoms with E-state index in [-0.39, 0.29) is 11.7 Å². The van der Waals surface area contributed by atoms with Crippen LogP contribution in [0.2, 0.25) is 0 Å². The van der Waals surface area contributed by atoms with Gasteiger partial charge in [0.15, 0.2) is 0 Å².